The van der Waals surface area contributed by atoms with Gasteiger partial charge in [-0.25, -0.2) is 0 Å². The number of aliphatic hydroxyl groups excluding tert-OH is 1. The van der Waals surface area contributed by atoms with E-state index in [2.05, 4.69) is 49.2 Å². The van der Waals surface area contributed by atoms with Gasteiger partial charge in [0.1, 0.15) is 0 Å². The number of hydrogen-bond acceptors (Lipinski definition) is 3. The SMILES string of the molecule is Cc1ccc(N2C(C)CNCC2CO)cc1C. The van der Waals surface area contributed by atoms with E-state index in [-0.39, 0.29) is 12.6 Å². The lowest BCUT2D eigenvalue weighted by Crippen LogP contribution is -2.58. The molecule has 1 aliphatic rings. The molecule has 0 spiro atoms. The molecule has 1 aliphatic heterocycles. The summed E-state index contributed by atoms with van der Waals surface area (Å²) in [4.78, 5) is 2.34. The minimum absolute atomic E-state index is 0.181. The summed E-state index contributed by atoms with van der Waals surface area (Å²) in [5.74, 6) is 0. The van der Waals surface area contributed by atoms with Gasteiger partial charge >= 0.3 is 0 Å². The average Bonchev–Trinajstić information content (AvgIpc) is 2.32. The van der Waals surface area contributed by atoms with Crippen LogP contribution in [0.4, 0.5) is 5.69 Å². The Morgan fingerprint density at radius 2 is 2.06 bits per heavy atom. The van der Waals surface area contributed by atoms with E-state index in [4.69, 9.17) is 0 Å². The Kier molecular flexibility index (Phi) is 3.69. The number of rotatable bonds is 2. The molecule has 94 valence electrons. The number of benzene rings is 1. The number of nitrogens with one attached hydrogen (secondary N) is 1. The predicted octanol–water partition coefficient (Wildman–Crippen LogP) is 1.46. The van der Waals surface area contributed by atoms with E-state index in [0.717, 1.165) is 13.1 Å². The van der Waals surface area contributed by atoms with Crippen LogP contribution in [-0.2, 0) is 0 Å². The number of nitrogens with zero attached hydrogens (tertiary/aromatic N) is 1. The molecule has 3 heteroatoms. The van der Waals surface area contributed by atoms with Crippen LogP contribution in [0.5, 0.6) is 0 Å². The highest BCUT2D eigenvalue weighted by atomic mass is 16.3. The Morgan fingerprint density at radius 1 is 1.29 bits per heavy atom. The van der Waals surface area contributed by atoms with E-state index in [0.29, 0.717) is 6.04 Å². The minimum Gasteiger partial charge on any atom is -0.394 e. The van der Waals surface area contributed by atoms with Gasteiger partial charge in [-0.1, -0.05) is 6.07 Å². The van der Waals surface area contributed by atoms with Gasteiger partial charge in [-0.3, -0.25) is 0 Å². The molecule has 1 saturated heterocycles. The second-order valence-corrected chi connectivity index (χ2v) is 5.02. The quantitative estimate of drug-likeness (QED) is 0.813. The van der Waals surface area contributed by atoms with Gasteiger partial charge < -0.3 is 15.3 Å². The number of anilines is 1. The average molecular weight is 234 g/mol. The van der Waals surface area contributed by atoms with Crippen molar-refractivity contribution in [2.24, 2.45) is 0 Å². The summed E-state index contributed by atoms with van der Waals surface area (Å²) in [6.45, 7) is 8.49. The summed E-state index contributed by atoms with van der Waals surface area (Å²) in [6, 6.07) is 7.14. The van der Waals surface area contributed by atoms with Crippen LogP contribution < -0.4 is 10.2 Å². The number of piperazine rings is 1. The van der Waals surface area contributed by atoms with E-state index in [9.17, 15) is 5.11 Å². The van der Waals surface area contributed by atoms with Gasteiger partial charge in [0.05, 0.1) is 12.6 Å². The van der Waals surface area contributed by atoms with Gasteiger partial charge in [0.15, 0.2) is 0 Å². The third kappa shape index (κ3) is 2.45. The fourth-order valence-corrected chi connectivity index (χ4v) is 2.52. The molecule has 2 N–H and O–H groups in total. The molecular formula is C14H22N2O. The molecule has 1 fully saturated rings. The zero-order chi connectivity index (χ0) is 12.4. The zero-order valence-electron chi connectivity index (χ0n) is 10.9. The van der Waals surface area contributed by atoms with E-state index in [1.54, 1.807) is 0 Å². The lowest BCUT2D eigenvalue weighted by Gasteiger charge is -2.42. The van der Waals surface area contributed by atoms with Gasteiger partial charge in [-0.05, 0) is 44.0 Å². The Labute approximate surface area is 103 Å². The maximum Gasteiger partial charge on any atom is 0.0649 e. The fraction of sp³-hybridized carbons (Fsp3) is 0.571. The maximum absolute atomic E-state index is 9.48. The van der Waals surface area contributed by atoms with Crippen LogP contribution in [0, 0.1) is 13.8 Å². The van der Waals surface area contributed by atoms with Crippen molar-refractivity contribution < 1.29 is 5.11 Å². The Morgan fingerprint density at radius 3 is 2.71 bits per heavy atom. The molecule has 2 unspecified atom stereocenters. The van der Waals surface area contributed by atoms with Crippen LogP contribution in [-0.4, -0.2) is 36.9 Å². The highest BCUT2D eigenvalue weighted by molar-refractivity contribution is 5.53. The Hall–Kier alpha value is -1.06. The Balaban J connectivity index is 2.31. The van der Waals surface area contributed by atoms with Crippen LogP contribution in [0.3, 0.4) is 0 Å². The molecule has 2 atom stereocenters. The summed E-state index contributed by atoms with van der Waals surface area (Å²) in [7, 11) is 0. The van der Waals surface area contributed by atoms with Crippen LogP contribution >= 0.6 is 0 Å². The second-order valence-electron chi connectivity index (χ2n) is 5.02. The molecule has 0 aromatic heterocycles. The van der Waals surface area contributed by atoms with E-state index < -0.39 is 0 Å². The van der Waals surface area contributed by atoms with Crippen LogP contribution in [0.25, 0.3) is 0 Å². The van der Waals surface area contributed by atoms with Crippen molar-refractivity contribution in [3.05, 3.63) is 29.3 Å². The van der Waals surface area contributed by atoms with Crippen LogP contribution in [0.1, 0.15) is 18.1 Å². The van der Waals surface area contributed by atoms with Crippen molar-refractivity contribution in [2.75, 3.05) is 24.6 Å². The summed E-state index contributed by atoms with van der Waals surface area (Å²) in [5, 5.41) is 12.8. The summed E-state index contributed by atoms with van der Waals surface area (Å²) >= 11 is 0. The second kappa shape index (κ2) is 5.07. The normalized spacial score (nSPS) is 25.1. The lowest BCUT2D eigenvalue weighted by molar-refractivity contribution is 0.235. The van der Waals surface area contributed by atoms with Gasteiger partial charge in [0.25, 0.3) is 0 Å². The van der Waals surface area contributed by atoms with Crippen molar-refractivity contribution in [3.63, 3.8) is 0 Å². The molecule has 0 bridgehead atoms. The molecule has 0 saturated carbocycles. The summed E-state index contributed by atoms with van der Waals surface area (Å²) in [6.07, 6.45) is 0. The van der Waals surface area contributed by atoms with Crippen molar-refractivity contribution in [2.45, 2.75) is 32.9 Å². The Bertz CT molecular complexity index is 392. The molecule has 3 nitrogen and oxygen atoms in total. The highest BCUT2D eigenvalue weighted by Gasteiger charge is 2.27. The van der Waals surface area contributed by atoms with E-state index in [1.807, 2.05) is 0 Å². The first-order valence-electron chi connectivity index (χ1n) is 6.30. The van der Waals surface area contributed by atoms with Crippen LogP contribution in [0.15, 0.2) is 18.2 Å². The van der Waals surface area contributed by atoms with Crippen molar-refractivity contribution in [1.82, 2.24) is 5.32 Å². The zero-order valence-corrected chi connectivity index (χ0v) is 10.9. The molecule has 0 aliphatic carbocycles. The third-order valence-electron chi connectivity index (χ3n) is 3.69. The predicted molar refractivity (Wildman–Crippen MR) is 71.6 cm³/mol. The van der Waals surface area contributed by atoms with Crippen LogP contribution in [0.2, 0.25) is 0 Å². The molecule has 2 rings (SSSR count). The van der Waals surface area contributed by atoms with E-state index >= 15 is 0 Å². The summed E-state index contributed by atoms with van der Waals surface area (Å²) < 4.78 is 0. The number of aliphatic hydroxyl groups is 1. The first-order chi connectivity index (χ1) is 8.13. The molecule has 17 heavy (non-hydrogen) atoms. The number of hydrogen-bond donors (Lipinski definition) is 2. The molecular weight excluding hydrogens is 212 g/mol. The van der Waals surface area contributed by atoms with E-state index in [1.165, 1.54) is 16.8 Å². The number of aryl methyl sites for hydroxylation is 2. The minimum atomic E-state index is 0.181. The third-order valence-corrected chi connectivity index (χ3v) is 3.69. The molecule has 1 aromatic carbocycles. The monoisotopic (exact) mass is 234 g/mol. The molecule has 0 amide bonds. The maximum atomic E-state index is 9.48. The first-order valence-corrected chi connectivity index (χ1v) is 6.30. The van der Waals surface area contributed by atoms with Gasteiger partial charge in [0.2, 0.25) is 0 Å². The molecule has 1 heterocycles. The standard InChI is InChI=1S/C14H22N2O/c1-10-4-5-13(6-11(10)2)16-12(3)7-15-8-14(16)9-17/h4-6,12,14-15,17H,7-9H2,1-3H3. The lowest BCUT2D eigenvalue weighted by atomic mass is 10.0. The first kappa shape index (κ1) is 12.4. The smallest absolute Gasteiger partial charge is 0.0649 e. The fourth-order valence-electron chi connectivity index (χ4n) is 2.52. The highest BCUT2D eigenvalue weighted by Crippen LogP contribution is 2.24. The van der Waals surface area contributed by atoms with Crippen molar-refractivity contribution >= 4 is 5.69 Å². The van der Waals surface area contributed by atoms with Gasteiger partial charge in [-0.15, -0.1) is 0 Å². The molecule has 1 aromatic rings. The summed E-state index contributed by atoms with van der Waals surface area (Å²) in [5.41, 5.74) is 3.85. The van der Waals surface area contributed by atoms with Crippen molar-refractivity contribution in [3.8, 4) is 0 Å². The van der Waals surface area contributed by atoms with Gasteiger partial charge in [-0.2, -0.15) is 0 Å². The molecule has 0 radical (unpaired) electrons. The van der Waals surface area contributed by atoms with Crippen molar-refractivity contribution in [1.29, 1.82) is 0 Å². The largest absolute Gasteiger partial charge is 0.394 e. The topological polar surface area (TPSA) is 35.5 Å². The van der Waals surface area contributed by atoms with Gasteiger partial charge in [0, 0.05) is 24.8 Å².